The molecular formula is C13H26N2O. The molecule has 1 N–H and O–H groups in total. The molecule has 94 valence electrons. The van der Waals surface area contributed by atoms with Crippen molar-refractivity contribution in [2.75, 3.05) is 26.2 Å². The van der Waals surface area contributed by atoms with Crippen molar-refractivity contribution in [3.63, 3.8) is 0 Å². The minimum Gasteiger partial charge on any atom is -0.374 e. The van der Waals surface area contributed by atoms with E-state index in [4.69, 9.17) is 4.74 Å². The van der Waals surface area contributed by atoms with Gasteiger partial charge in [-0.3, -0.25) is 4.90 Å². The molecule has 0 amide bonds. The maximum absolute atomic E-state index is 5.78. The van der Waals surface area contributed by atoms with Gasteiger partial charge in [0.25, 0.3) is 0 Å². The molecule has 0 aromatic rings. The van der Waals surface area contributed by atoms with Crippen LogP contribution in [0, 0.1) is 0 Å². The van der Waals surface area contributed by atoms with Crippen LogP contribution >= 0.6 is 0 Å². The summed E-state index contributed by atoms with van der Waals surface area (Å²) in [4.78, 5) is 2.59. The van der Waals surface area contributed by atoms with Crippen molar-refractivity contribution in [3.8, 4) is 0 Å². The smallest absolute Gasteiger partial charge is 0.0704 e. The number of ether oxygens (including phenoxy) is 1. The number of likely N-dealkylation sites (N-methyl/N-ethyl adjacent to an activating group) is 1. The first-order chi connectivity index (χ1) is 7.79. The van der Waals surface area contributed by atoms with E-state index in [1.807, 2.05) is 0 Å². The Morgan fingerprint density at radius 1 is 1.25 bits per heavy atom. The Morgan fingerprint density at radius 2 is 2.06 bits per heavy atom. The summed E-state index contributed by atoms with van der Waals surface area (Å²) in [7, 11) is 0. The monoisotopic (exact) mass is 226 g/mol. The van der Waals surface area contributed by atoms with Crippen LogP contribution in [0.2, 0.25) is 0 Å². The lowest BCUT2D eigenvalue weighted by molar-refractivity contribution is 0.0557. The van der Waals surface area contributed by atoms with Crippen LogP contribution in [-0.4, -0.2) is 49.3 Å². The Labute approximate surface area is 99.5 Å². The van der Waals surface area contributed by atoms with Crippen LogP contribution in [0.25, 0.3) is 0 Å². The number of rotatable bonds is 7. The molecule has 1 saturated heterocycles. The Balaban J connectivity index is 1.51. The van der Waals surface area contributed by atoms with Crippen molar-refractivity contribution >= 4 is 0 Å². The molecule has 2 atom stereocenters. The summed E-state index contributed by atoms with van der Waals surface area (Å²) in [6, 6.07) is 0.898. The van der Waals surface area contributed by atoms with E-state index in [1.165, 1.54) is 38.8 Å². The second-order valence-electron chi connectivity index (χ2n) is 5.21. The van der Waals surface area contributed by atoms with Crippen molar-refractivity contribution in [2.45, 2.75) is 57.8 Å². The Hall–Kier alpha value is -0.120. The van der Waals surface area contributed by atoms with Crippen molar-refractivity contribution in [1.82, 2.24) is 10.2 Å². The molecule has 3 nitrogen and oxygen atoms in total. The molecule has 16 heavy (non-hydrogen) atoms. The average Bonchev–Trinajstić information content (AvgIpc) is 3.03. The molecule has 2 fully saturated rings. The maximum Gasteiger partial charge on any atom is 0.0704 e. The molecule has 2 aliphatic rings. The first-order valence-electron chi connectivity index (χ1n) is 6.89. The van der Waals surface area contributed by atoms with Crippen molar-refractivity contribution < 1.29 is 4.74 Å². The third-order valence-corrected chi connectivity index (χ3v) is 3.74. The van der Waals surface area contributed by atoms with E-state index in [0.717, 1.165) is 19.1 Å². The quantitative estimate of drug-likeness (QED) is 0.668. The highest BCUT2D eigenvalue weighted by Gasteiger charge is 2.27. The third kappa shape index (κ3) is 3.72. The number of nitrogens with one attached hydrogen (secondary N) is 1. The zero-order valence-corrected chi connectivity index (χ0v) is 10.7. The molecule has 1 saturated carbocycles. The highest BCUT2D eigenvalue weighted by Crippen LogP contribution is 2.25. The fraction of sp³-hybridized carbons (Fsp3) is 1.00. The van der Waals surface area contributed by atoms with Crippen LogP contribution in [-0.2, 0) is 4.74 Å². The Bertz CT molecular complexity index is 206. The van der Waals surface area contributed by atoms with E-state index in [-0.39, 0.29) is 0 Å². The van der Waals surface area contributed by atoms with Crippen LogP contribution in [0.4, 0.5) is 0 Å². The second-order valence-corrected chi connectivity index (χ2v) is 5.21. The van der Waals surface area contributed by atoms with Gasteiger partial charge >= 0.3 is 0 Å². The average molecular weight is 226 g/mol. The Kier molecular flexibility index (Phi) is 4.62. The van der Waals surface area contributed by atoms with Gasteiger partial charge in [-0.25, -0.2) is 0 Å². The lowest BCUT2D eigenvalue weighted by Crippen LogP contribution is -2.36. The molecule has 0 bridgehead atoms. The molecule has 2 rings (SSSR count). The van der Waals surface area contributed by atoms with E-state index >= 15 is 0 Å². The van der Waals surface area contributed by atoms with Crippen molar-refractivity contribution in [3.05, 3.63) is 0 Å². The predicted octanol–water partition coefficient (Wildman–Crippen LogP) is 1.63. The van der Waals surface area contributed by atoms with Crippen LogP contribution < -0.4 is 5.32 Å². The largest absolute Gasteiger partial charge is 0.374 e. The standard InChI is InChI=1S/C13H26N2O/c1-3-15(12-5-6-12)9-8-14-10-13-7-4-11(2)16-13/h11-14H,3-10H2,1-2H3. The molecular weight excluding hydrogens is 200 g/mol. The first kappa shape index (κ1) is 12.3. The topological polar surface area (TPSA) is 24.5 Å². The highest BCUT2D eigenvalue weighted by atomic mass is 16.5. The predicted molar refractivity (Wildman–Crippen MR) is 66.7 cm³/mol. The van der Waals surface area contributed by atoms with Gasteiger partial charge in [-0.05, 0) is 39.2 Å². The summed E-state index contributed by atoms with van der Waals surface area (Å²) in [5.41, 5.74) is 0. The molecule has 1 aliphatic carbocycles. The normalized spacial score (nSPS) is 30.2. The van der Waals surface area contributed by atoms with Gasteiger partial charge in [0.15, 0.2) is 0 Å². The molecule has 2 unspecified atom stereocenters. The molecule has 0 aromatic carbocycles. The van der Waals surface area contributed by atoms with Gasteiger partial charge < -0.3 is 10.1 Å². The Morgan fingerprint density at radius 3 is 2.62 bits per heavy atom. The maximum atomic E-state index is 5.78. The van der Waals surface area contributed by atoms with E-state index in [9.17, 15) is 0 Å². The van der Waals surface area contributed by atoms with Gasteiger partial charge in [0.05, 0.1) is 12.2 Å². The van der Waals surface area contributed by atoms with E-state index in [1.54, 1.807) is 0 Å². The summed E-state index contributed by atoms with van der Waals surface area (Å²) in [5.74, 6) is 0. The molecule has 0 radical (unpaired) electrons. The summed E-state index contributed by atoms with van der Waals surface area (Å²) in [5, 5.41) is 3.53. The van der Waals surface area contributed by atoms with Gasteiger partial charge in [-0.2, -0.15) is 0 Å². The zero-order valence-electron chi connectivity index (χ0n) is 10.7. The molecule has 3 heteroatoms. The van der Waals surface area contributed by atoms with Crippen LogP contribution in [0.15, 0.2) is 0 Å². The number of hydrogen-bond donors (Lipinski definition) is 1. The second kappa shape index (κ2) is 5.99. The zero-order chi connectivity index (χ0) is 11.4. The van der Waals surface area contributed by atoms with Crippen LogP contribution in [0.5, 0.6) is 0 Å². The van der Waals surface area contributed by atoms with E-state index in [0.29, 0.717) is 12.2 Å². The lowest BCUT2D eigenvalue weighted by Gasteiger charge is -2.20. The summed E-state index contributed by atoms with van der Waals surface area (Å²) < 4.78 is 5.78. The SMILES string of the molecule is CCN(CCNCC1CCC(C)O1)C1CC1. The summed E-state index contributed by atoms with van der Waals surface area (Å²) >= 11 is 0. The van der Waals surface area contributed by atoms with Crippen LogP contribution in [0.1, 0.15) is 39.5 Å². The van der Waals surface area contributed by atoms with Gasteiger partial charge in [-0.1, -0.05) is 6.92 Å². The summed E-state index contributed by atoms with van der Waals surface area (Å²) in [6.07, 6.45) is 6.23. The number of hydrogen-bond acceptors (Lipinski definition) is 3. The molecule has 0 spiro atoms. The van der Waals surface area contributed by atoms with Gasteiger partial charge in [0.2, 0.25) is 0 Å². The molecule has 0 aromatic heterocycles. The lowest BCUT2D eigenvalue weighted by atomic mass is 10.2. The minimum atomic E-state index is 0.464. The van der Waals surface area contributed by atoms with Crippen LogP contribution in [0.3, 0.4) is 0 Å². The van der Waals surface area contributed by atoms with Crippen molar-refractivity contribution in [1.29, 1.82) is 0 Å². The highest BCUT2D eigenvalue weighted by molar-refractivity contribution is 4.84. The van der Waals surface area contributed by atoms with Gasteiger partial charge in [0, 0.05) is 25.7 Å². The fourth-order valence-corrected chi connectivity index (χ4v) is 2.56. The van der Waals surface area contributed by atoms with Gasteiger partial charge in [-0.15, -0.1) is 0 Å². The molecule has 1 heterocycles. The van der Waals surface area contributed by atoms with Crippen molar-refractivity contribution in [2.24, 2.45) is 0 Å². The fourth-order valence-electron chi connectivity index (χ4n) is 2.56. The first-order valence-corrected chi connectivity index (χ1v) is 6.89. The van der Waals surface area contributed by atoms with Gasteiger partial charge in [0.1, 0.15) is 0 Å². The summed E-state index contributed by atoms with van der Waals surface area (Å²) in [6.45, 7) is 8.98. The van der Waals surface area contributed by atoms with E-state index in [2.05, 4.69) is 24.1 Å². The minimum absolute atomic E-state index is 0.464. The number of nitrogens with zero attached hydrogens (tertiary/aromatic N) is 1. The van der Waals surface area contributed by atoms with E-state index < -0.39 is 0 Å². The molecule has 1 aliphatic heterocycles. The third-order valence-electron chi connectivity index (χ3n) is 3.74.